The number of carbonyl (C=O) groups excluding carboxylic acids is 1. The maximum atomic E-state index is 11.6. The van der Waals surface area contributed by atoms with Gasteiger partial charge in [0.1, 0.15) is 0 Å². The van der Waals surface area contributed by atoms with Crippen LogP contribution in [-0.4, -0.2) is 34.6 Å². The van der Waals surface area contributed by atoms with Crippen LogP contribution in [-0.2, 0) is 0 Å². The number of anilines is 1. The number of amides is 2. The highest BCUT2D eigenvalue weighted by molar-refractivity contribution is 5.91. The molecule has 0 aliphatic carbocycles. The third kappa shape index (κ3) is 2.44. The third-order valence-corrected chi connectivity index (χ3v) is 2.33. The number of imidazole rings is 1. The van der Waals surface area contributed by atoms with Gasteiger partial charge in [-0.05, 0) is 12.1 Å². The fourth-order valence-electron chi connectivity index (χ4n) is 1.43. The van der Waals surface area contributed by atoms with Gasteiger partial charge in [-0.2, -0.15) is 0 Å². The summed E-state index contributed by atoms with van der Waals surface area (Å²) in [5.74, 6) is 0. The molecule has 0 aliphatic rings. The van der Waals surface area contributed by atoms with Crippen LogP contribution in [0.15, 0.2) is 43.0 Å². The van der Waals surface area contributed by atoms with Crippen LogP contribution in [0, 0.1) is 0 Å². The molecule has 1 heterocycles. The fourth-order valence-corrected chi connectivity index (χ4v) is 1.43. The normalized spacial score (nSPS) is 10.0. The van der Waals surface area contributed by atoms with Gasteiger partial charge >= 0.3 is 6.03 Å². The topological polar surface area (TPSA) is 50.2 Å². The van der Waals surface area contributed by atoms with E-state index >= 15 is 0 Å². The van der Waals surface area contributed by atoms with Crippen LogP contribution in [0.25, 0.3) is 5.69 Å². The van der Waals surface area contributed by atoms with Crippen LogP contribution < -0.4 is 5.32 Å². The Bertz CT molecular complexity index is 505. The molecule has 0 saturated heterocycles. The first-order chi connectivity index (χ1) is 8.18. The molecule has 5 heteroatoms. The zero-order valence-corrected chi connectivity index (χ0v) is 9.79. The van der Waals surface area contributed by atoms with Gasteiger partial charge < -0.3 is 14.8 Å². The molecule has 17 heavy (non-hydrogen) atoms. The van der Waals surface area contributed by atoms with E-state index in [1.165, 1.54) is 4.90 Å². The lowest BCUT2D eigenvalue weighted by molar-refractivity contribution is 0.230. The number of hydrogen-bond acceptors (Lipinski definition) is 2. The summed E-state index contributed by atoms with van der Waals surface area (Å²) in [6, 6.07) is 7.42. The number of hydrogen-bond donors (Lipinski definition) is 1. The molecule has 5 nitrogen and oxygen atoms in total. The van der Waals surface area contributed by atoms with Crippen molar-refractivity contribution in [3.63, 3.8) is 0 Å². The molecule has 88 valence electrons. The van der Waals surface area contributed by atoms with E-state index in [2.05, 4.69) is 10.3 Å². The summed E-state index contributed by atoms with van der Waals surface area (Å²) in [6.07, 6.45) is 5.23. The maximum absolute atomic E-state index is 11.6. The Morgan fingerprint density at radius 1 is 1.35 bits per heavy atom. The third-order valence-electron chi connectivity index (χ3n) is 2.33. The molecular formula is C12H14N4O. The van der Waals surface area contributed by atoms with Gasteiger partial charge in [-0.1, -0.05) is 12.1 Å². The maximum Gasteiger partial charge on any atom is 0.321 e. The first-order valence-electron chi connectivity index (χ1n) is 5.24. The van der Waals surface area contributed by atoms with E-state index in [-0.39, 0.29) is 6.03 Å². The molecule has 0 bridgehead atoms. The predicted octanol–water partition coefficient (Wildman–Crippen LogP) is 1.97. The van der Waals surface area contributed by atoms with Gasteiger partial charge in [0.25, 0.3) is 0 Å². The van der Waals surface area contributed by atoms with E-state index in [0.717, 1.165) is 11.4 Å². The van der Waals surface area contributed by atoms with Crippen LogP contribution in [0.2, 0.25) is 0 Å². The minimum Gasteiger partial charge on any atom is -0.331 e. The van der Waals surface area contributed by atoms with E-state index in [0.29, 0.717) is 0 Å². The lowest BCUT2D eigenvalue weighted by atomic mass is 10.2. The molecule has 1 aromatic heterocycles. The van der Waals surface area contributed by atoms with Crippen LogP contribution in [0.3, 0.4) is 0 Å². The van der Waals surface area contributed by atoms with Crippen LogP contribution in [0.1, 0.15) is 0 Å². The molecule has 0 saturated carbocycles. The van der Waals surface area contributed by atoms with E-state index < -0.39 is 0 Å². The molecule has 0 atom stereocenters. The number of rotatable bonds is 2. The van der Waals surface area contributed by atoms with Gasteiger partial charge in [0, 0.05) is 26.5 Å². The number of nitrogens with one attached hydrogen (secondary N) is 1. The monoisotopic (exact) mass is 230 g/mol. The van der Waals surface area contributed by atoms with Crippen molar-refractivity contribution in [2.45, 2.75) is 0 Å². The number of nitrogens with zero attached hydrogens (tertiary/aromatic N) is 3. The van der Waals surface area contributed by atoms with Gasteiger partial charge in [0.05, 0.1) is 17.7 Å². The summed E-state index contributed by atoms with van der Waals surface area (Å²) in [5.41, 5.74) is 1.64. The summed E-state index contributed by atoms with van der Waals surface area (Å²) >= 11 is 0. The van der Waals surface area contributed by atoms with Crippen molar-refractivity contribution in [2.75, 3.05) is 19.4 Å². The first kappa shape index (κ1) is 11.2. The smallest absolute Gasteiger partial charge is 0.321 e. The second-order valence-electron chi connectivity index (χ2n) is 3.81. The van der Waals surface area contributed by atoms with Crippen molar-refractivity contribution in [1.29, 1.82) is 0 Å². The standard InChI is InChI=1S/C12H14N4O/c1-15(2)12(17)14-10-5-3-4-6-11(10)16-8-7-13-9-16/h3-9H,1-2H3,(H,14,17). The van der Waals surface area contributed by atoms with Crippen LogP contribution >= 0.6 is 0 Å². The molecule has 0 fully saturated rings. The van der Waals surface area contributed by atoms with E-state index in [9.17, 15) is 4.79 Å². The Morgan fingerprint density at radius 3 is 2.76 bits per heavy atom. The number of carbonyl (C=O) groups is 1. The molecule has 2 aromatic rings. The Hall–Kier alpha value is -2.30. The average molecular weight is 230 g/mol. The average Bonchev–Trinajstić information content (AvgIpc) is 2.83. The van der Waals surface area contributed by atoms with E-state index in [1.807, 2.05) is 35.0 Å². The number of aromatic nitrogens is 2. The predicted molar refractivity (Wildman–Crippen MR) is 66.3 cm³/mol. The number of benzene rings is 1. The van der Waals surface area contributed by atoms with E-state index in [1.54, 1.807) is 26.6 Å². The number of para-hydroxylation sites is 2. The number of urea groups is 1. The van der Waals surface area contributed by atoms with Gasteiger partial charge in [-0.3, -0.25) is 0 Å². The molecule has 0 radical (unpaired) electrons. The summed E-state index contributed by atoms with van der Waals surface area (Å²) in [6.45, 7) is 0. The summed E-state index contributed by atoms with van der Waals surface area (Å²) in [7, 11) is 3.41. The molecule has 2 rings (SSSR count). The Morgan fingerprint density at radius 2 is 2.12 bits per heavy atom. The summed E-state index contributed by atoms with van der Waals surface area (Å²) in [4.78, 5) is 17.1. The Kier molecular flexibility index (Phi) is 3.09. The van der Waals surface area contributed by atoms with Gasteiger partial charge in [-0.25, -0.2) is 9.78 Å². The van der Waals surface area contributed by atoms with Crippen molar-refractivity contribution in [1.82, 2.24) is 14.5 Å². The largest absolute Gasteiger partial charge is 0.331 e. The van der Waals surface area contributed by atoms with Crippen molar-refractivity contribution in [2.24, 2.45) is 0 Å². The molecule has 0 aliphatic heterocycles. The SMILES string of the molecule is CN(C)C(=O)Nc1ccccc1-n1ccnc1. The highest BCUT2D eigenvalue weighted by Crippen LogP contribution is 2.19. The van der Waals surface area contributed by atoms with Crippen molar-refractivity contribution < 1.29 is 4.79 Å². The Labute approximate surface area is 99.7 Å². The van der Waals surface area contributed by atoms with Crippen LogP contribution in [0.4, 0.5) is 10.5 Å². The van der Waals surface area contributed by atoms with E-state index in [4.69, 9.17) is 0 Å². The lowest BCUT2D eigenvalue weighted by Gasteiger charge is -2.15. The van der Waals surface area contributed by atoms with Crippen molar-refractivity contribution in [3.8, 4) is 5.69 Å². The summed E-state index contributed by atoms with van der Waals surface area (Å²) < 4.78 is 1.85. The highest BCUT2D eigenvalue weighted by atomic mass is 16.2. The second-order valence-corrected chi connectivity index (χ2v) is 3.81. The minimum atomic E-state index is -0.155. The minimum absolute atomic E-state index is 0.155. The van der Waals surface area contributed by atoms with Gasteiger partial charge in [0.15, 0.2) is 0 Å². The Balaban J connectivity index is 2.32. The zero-order valence-electron chi connectivity index (χ0n) is 9.79. The fraction of sp³-hybridized carbons (Fsp3) is 0.167. The first-order valence-corrected chi connectivity index (χ1v) is 5.24. The van der Waals surface area contributed by atoms with Gasteiger partial charge in [-0.15, -0.1) is 0 Å². The van der Waals surface area contributed by atoms with Crippen molar-refractivity contribution >= 4 is 11.7 Å². The zero-order chi connectivity index (χ0) is 12.3. The molecule has 2 amide bonds. The quantitative estimate of drug-likeness (QED) is 0.857. The van der Waals surface area contributed by atoms with Crippen molar-refractivity contribution in [3.05, 3.63) is 43.0 Å². The summed E-state index contributed by atoms with van der Waals surface area (Å²) in [5, 5.41) is 2.84. The lowest BCUT2D eigenvalue weighted by Crippen LogP contribution is -2.27. The van der Waals surface area contributed by atoms with Crippen LogP contribution in [0.5, 0.6) is 0 Å². The molecule has 1 N–H and O–H groups in total. The molecule has 1 aromatic carbocycles. The highest BCUT2D eigenvalue weighted by Gasteiger charge is 2.08. The molecular weight excluding hydrogens is 216 g/mol. The molecule has 0 unspecified atom stereocenters. The van der Waals surface area contributed by atoms with Gasteiger partial charge in [0.2, 0.25) is 0 Å². The second kappa shape index (κ2) is 4.69. The molecule has 0 spiro atoms.